The van der Waals surface area contributed by atoms with Crippen LogP contribution in [0.4, 0.5) is 0 Å². The number of hydrogen-bond donors (Lipinski definition) is 2. The van der Waals surface area contributed by atoms with Crippen molar-refractivity contribution >= 4 is 22.7 Å². The molecule has 5 rings (SSSR count). The number of hydrogen-bond acceptors (Lipinski definition) is 4. The zero-order valence-corrected chi connectivity index (χ0v) is 22.5. The van der Waals surface area contributed by atoms with Crippen LogP contribution in [0.2, 0.25) is 0 Å². The average Bonchev–Trinajstić information content (AvgIpc) is 3.20. The molecule has 1 aliphatic heterocycles. The fraction of sp³-hybridized carbons (Fsp3) is 0.312. The minimum absolute atomic E-state index is 0.111. The molecule has 0 spiro atoms. The molecule has 0 radical (unpaired) electrons. The first kappa shape index (κ1) is 26.4. The summed E-state index contributed by atoms with van der Waals surface area (Å²) >= 11 is 0. The summed E-state index contributed by atoms with van der Waals surface area (Å²) in [4.78, 5) is 26.0. The maximum Gasteiger partial charge on any atom is 0.242 e. The number of rotatable bonds is 9. The largest absolute Gasteiger partial charge is 0.497 e. The van der Waals surface area contributed by atoms with Gasteiger partial charge in [0.05, 0.1) is 14.2 Å². The van der Waals surface area contributed by atoms with E-state index in [1.54, 1.807) is 14.2 Å². The molecule has 2 atom stereocenters. The number of nitrogens with one attached hydrogen (secondary N) is 2. The third kappa shape index (κ3) is 6.08. The van der Waals surface area contributed by atoms with E-state index >= 15 is 0 Å². The predicted molar refractivity (Wildman–Crippen MR) is 152 cm³/mol. The highest BCUT2D eigenvalue weighted by Gasteiger charge is 2.27. The van der Waals surface area contributed by atoms with Gasteiger partial charge in [-0.25, -0.2) is 0 Å². The molecule has 2 heterocycles. The second-order valence-electron chi connectivity index (χ2n) is 10.0. The Kier molecular flexibility index (Phi) is 8.16. The number of ether oxygens (including phenoxy) is 2. The number of methoxy groups -OCH3 is 2. The number of benzene rings is 3. The van der Waals surface area contributed by atoms with Gasteiger partial charge in [-0.2, -0.15) is 0 Å². The van der Waals surface area contributed by atoms with Crippen LogP contribution in [0.3, 0.4) is 0 Å². The van der Waals surface area contributed by atoms with Crippen molar-refractivity contribution in [1.29, 1.82) is 0 Å². The Morgan fingerprint density at radius 3 is 2.46 bits per heavy atom. The average molecular weight is 526 g/mol. The highest BCUT2D eigenvalue weighted by atomic mass is 16.5. The van der Waals surface area contributed by atoms with E-state index in [0.29, 0.717) is 31.0 Å². The van der Waals surface area contributed by atoms with E-state index in [9.17, 15) is 9.59 Å². The number of fused-ring (bicyclic) bond motifs is 1. The third-order valence-electron chi connectivity index (χ3n) is 7.43. The van der Waals surface area contributed by atoms with E-state index in [4.69, 9.17) is 9.47 Å². The number of para-hydroxylation sites is 1. The molecular formula is C32H35N3O4. The number of carbonyl (C=O) groups is 2. The van der Waals surface area contributed by atoms with Crippen molar-refractivity contribution in [1.82, 2.24) is 15.2 Å². The maximum absolute atomic E-state index is 13.5. The number of carbonyl (C=O) groups excluding carboxylic acids is 2. The lowest BCUT2D eigenvalue weighted by atomic mass is 9.87. The first-order valence-electron chi connectivity index (χ1n) is 13.5. The predicted octanol–water partition coefficient (Wildman–Crippen LogP) is 5.01. The van der Waals surface area contributed by atoms with Crippen LogP contribution in [-0.2, 0) is 16.1 Å². The van der Waals surface area contributed by atoms with Gasteiger partial charge in [0.25, 0.3) is 0 Å². The van der Waals surface area contributed by atoms with Crippen LogP contribution >= 0.6 is 0 Å². The van der Waals surface area contributed by atoms with Gasteiger partial charge >= 0.3 is 0 Å². The van der Waals surface area contributed by atoms with Crippen LogP contribution in [0.5, 0.6) is 11.5 Å². The van der Waals surface area contributed by atoms with E-state index in [-0.39, 0.29) is 24.2 Å². The number of nitrogens with zero attached hydrogens (tertiary/aromatic N) is 1. The minimum atomic E-state index is -0.514. The Morgan fingerprint density at radius 2 is 1.72 bits per heavy atom. The molecule has 39 heavy (non-hydrogen) atoms. The third-order valence-corrected chi connectivity index (χ3v) is 7.43. The van der Waals surface area contributed by atoms with Gasteiger partial charge < -0.3 is 24.7 Å². The van der Waals surface area contributed by atoms with E-state index in [2.05, 4.69) is 45.7 Å². The zero-order chi connectivity index (χ0) is 27.2. The Hall–Kier alpha value is -4.26. The summed E-state index contributed by atoms with van der Waals surface area (Å²) in [5, 5.41) is 7.00. The topological polar surface area (TPSA) is 81.6 Å². The molecule has 3 aromatic carbocycles. The molecule has 4 aromatic rings. The Balaban J connectivity index is 1.55. The smallest absolute Gasteiger partial charge is 0.242 e. The molecule has 1 fully saturated rings. The molecule has 1 aliphatic rings. The zero-order valence-electron chi connectivity index (χ0n) is 22.5. The summed E-state index contributed by atoms with van der Waals surface area (Å²) in [5.74, 6) is 0.755. The molecule has 1 aromatic heterocycles. The van der Waals surface area contributed by atoms with Crippen LogP contribution in [0.15, 0.2) is 79.0 Å². The first-order chi connectivity index (χ1) is 19.1. The normalized spacial score (nSPS) is 16.3. The van der Waals surface area contributed by atoms with Gasteiger partial charge in [0.15, 0.2) is 0 Å². The minimum Gasteiger partial charge on any atom is -0.497 e. The van der Waals surface area contributed by atoms with Crippen LogP contribution in [0, 0.1) is 0 Å². The second-order valence-corrected chi connectivity index (χ2v) is 10.0. The standard InChI is InChI=1S/C32H35N3O4/c1-38-24-16-23(17-25(18-24)39-2)27(19-31(36)34-29-13-8-9-15-33-32(29)37)28-21-35(20-22-10-4-3-5-11-22)30-14-7-6-12-26(28)30/h3-7,10-12,14,16-18,21,27,29H,8-9,13,15,19-20H2,1-2H3,(H,33,37)(H,34,36). The lowest BCUT2D eigenvalue weighted by Gasteiger charge is -2.21. The highest BCUT2D eigenvalue weighted by molar-refractivity contribution is 5.90. The molecule has 2 amide bonds. The molecule has 2 N–H and O–H groups in total. The summed E-state index contributed by atoms with van der Waals surface area (Å²) in [5.41, 5.74) is 4.24. The van der Waals surface area contributed by atoms with Gasteiger partial charge in [0.1, 0.15) is 17.5 Å². The van der Waals surface area contributed by atoms with Crippen molar-refractivity contribution in [3.05, 3.63) is 95.7 Å². The molecule has 7 nitrogen and oxygen atoms in total. The SMILES string of the molecule is COc1cc(OC)cc(C(CC(=O)NC2CCCCNC2=O)c2cn(Cc3ccccc3)c3ccccc23)c1. The summed E-state index contributed by atoms with van der Waals surface area (Å²) < 4.78 is 13.4. The van der Waals surface area contributed by atoms with Crippen molar-refractivity contribution in [3.63, 3.8) is 0 Å². The summed E-state index contributed by atoms with van der Waals surface area (Å²) in [6, 6.07) is 23.8. The van der Waals surface area contributed by atoms with Crippen molar-refractivity contribution in [3.8, 4) is 11.5 Å². The van der Waals surface area contributed by atoms with Crippen molar-refractivity contribution in [2.75, 3.05) is 20.8 Å². The van der Waals surface area contributed by atoms with E-state index < -0.39 is 6.04 Å². The van der Waals surface area contributed by atoms with Crippen LogP contribution in [0.1, 0.15) is 48.3 Å². The molecule has 0 saturated carbocycles. The monoisotopic (exact) mass is 525 g/mol. The van der Waals surface area contributed by atoms with Crippen LogP contribution < -0.4 is 20.1 Å². The Bertz CT molecular complexity index is 1420. The van der Waals surface area contributed by atoms with Gasteiger partial charge in [-0.15, -0.1) is 0 Å². The molecule has 2 unspecified atom stereocenters. The van der Waals surface area contributed by atoms with Crippen molar-refractivity contribution < 1.29 is 19.1 Å². The van der Waals surface area contributed by atoms with Gasteiger partial charge in [0.2, 0.25) is 11.8 Å². The highest BCUT2D eigenvalue weighted by Crippen LogP contribution is 2.38. The van der Waals surface area contributed by atoms with Gasteiger partial charge in [0, 0.05) is 48.6 Å². The fourth-order valence-corrected chi connectivity index (χ4v) is 5.42. The summed E-state index contributed by atoms with van der Waals surface area (Å²) in [6.07, 6.45) is 4.80. The summed E-state index contributed by atoms with van der Waals surface area (Å²) in [7, 11) is 3.24. The Labute approximate surface area is 229 Å². The van der Waals surface area contributed by atoms with Crippen LogP contribution in [-0.4, -0.2) is 43.2 Å². The first-order valence-corrected chi connectivity index (χ1v) is 13.5. The lowest BCUT2D eigenvalue weighted by Crippen LogP contribution is -2.45. The molecule has 1 saturated heterocycles. The molecule has 0 aliphatic carbocycles. The van der Waals surface area contributed by atoms with E-state index in [1.807, 2.05) is 48.5 Å². The van der Waals surface area contributed by atoms with Crippen molar-refractivity contribution in [2.45, 2.75) is 44.2 Å². The Morgan fingerprint density at radius 1 is 1.00 bits per heavy atom. The van der Waals surface area contributed by atoms with Gasteiger partial charge in [-0.05, 0) is 54.2 Å². The van der Waals surface area contributed by atoms with E-state index in [1.165, 1.54) is 5.56 Å². The van der Waals surface area contributed by atoms with Crippen LogP contribution in [0.25, 0.3) is 10.9 Å². The van der Waals surface area contributed by atoms with E-state index in [0.717, 1.165) is 34.9 Å². The molecular weight excluding hydrogens is 490 g/mol. The second kappa shape index (κ2) is 12.1. The lowest BCUT2D eigenvalue weighted by molar-refractivity contribution is -0.128. The van der Waals surface area contributed by atoms with Crippen molar-refractivity contribution in [2.24, 2.45) is 0 Å². The maximum atomic E-state index is 13.5. The molecule has 202 valence electrons. The summed E-state index contributed by atoms with van der Waals surface area (Å²) in [6.45, 7) is 1.36. The molecule has 0 bridgehead atoms. The van der Waals surface area contributed by atoms with Gasteiger partial charge in [-0.1, -0.05) is 48.5 Å². The molecule has 7 heteroatoms. The fourth-order valence-electron chi connectivity index (χ4n) is 5.42. The number of aromatic nitrogens is 1. The van der Waals surface area contributed by atoms with Gasteiger partial charge in [-0.3, -0.25) is 9.59 Å². The quantitative estimate of drug-likeness (QED) is 0.322. The number of amides is 2.